The monoisotopic (exact) mass is 571 g/mol. The summed E-state index contributed by atoms with van der Waals surface area (Å²) >= 11 is 0. The van der Waals surface area contributed by atoms with E-state index in [0.717, 1.165) is 54.3 Å². The standard InChI is InChI=1S/C27H33N5O5S2/c1-20-17-22(19-29-23-5-7-24(8-6-23)38(28,33)34)21(2)32(20)27-18-25(9-10-26(27)30-11-3-4-12-30)39(35,36)31-13-15-37-16-14-31/h5-10,17-19H,3-4,11-16H2,1-2H3,(H2,28,33,34). The molecule has 1 aromatic heterocycles. The first-order valence-corrected chi connectivity index (χ1v) is 15.9. The number of aromatic nitrogens is 1. The zero-order chi connectivity index (χ0) is 27.8. The van der Waals surface area contributed by atoms with Crippen molar-refractivity contribution >= 4 is 37.6 Å². The van der Waals surface area contributed by atoms with Crippen LogP contribution in [0.25, 0.3) is 5.69 Å². The van der Waals surface area contributed by atoms with Crippen LogP contribution in [0.2, 0.25) is 0 Å². The van der Waals surface area contributed by atoms with Crippen LogP contribution in [-0.4, -0.2) is 71.3 Å². The number of hydrogen-bond donors (Lipinski definition) is 1. The van der Waals surface area contributed by atoms with Gasteiger partial charge in [0.25, 0.3) is 0 Å². The molecule has 10 nitrogen and oxygen atoms in total. The van der Waals surface area contributed by atoms with Gasteiger partial charge in [0.15, 0.2) is 0 Å². The lowest BCUT2D eigenvalue weighted by Crippen LogP contribution is -2.40. The summed E-state index contributed by atoms with van der Waals surface area (Å²) in [5.74, 6) is 0. The summed E-state index contributed by atoms with van der Waals surface area (Å²) in [6.45, 7) is 7.27. The Balaban J connectivity index is 1.54. The Morgan fingerprint density at radius 3 is 2.13 bits per heavy atom. The highest BCUT2D eigenvalue weighted by Gasteiger charge is 2.28. The van der Waals surface area contributed by atoms with Crippen molar-refractivity contribution in [3.8, 4) is 5.69 Å². The number of aryl methyl sites for hydroxylation is 1. The molecule has 0 unspecified atom stereocenters. The zero-order valence-electron chi connectivity index (χ0n) is 22.1. The molecule has 2 saturated heterocycles. The topological polar surface area (TPSA) is 127 Å². The van der Waals surface area contributed by atoms with Crippen LogP contribution in [0.4, 0.5) is 11.4 Å². The SMILES string of the molecule is Cc1cc(C=Nc2ccc(S(N)(=O)=O)cc2)c(C)n1-c1cc(S(=O)(=O)N2CCOCC2)ccc1N1CCCC1. The molecule has 12 heteroatoms. The van der Waals surface area contributed by atoms with Crippen LogP contribution in [0.5, 0.6) is 0 Å². The molecular formula is C27H33N5O5S2. The molecule has 208 valence electrons. The van der Waals surface area contributed by atoms with E-state index in [-0.39, 0.29) is 9.79 Å². The second-order valence-corrected chi connectivity index (χ2v) is 13.3. The number of ether oxygens (including phenoxy) is 1. The number of morpholine rings is 1. The molecule has 0 saturated carbocycles. The largest absolute Gasteiger partial charge is 0.379 e. The molecule has 2 aliphatic rings. The van der Waals surface area contributed by atoms with Crippen LogP contribution in [0.1, 0.15) is 29.8 Å². The van der Waals surface area contributed by atoms with E-state index in [2.05, 4.69) is 14.5 Å². The fourth-order valence-corrected chi connectivity index (χ4v) is 7.10. The molecule has 5 rings (SSSR count). The van der Waals surface area contributed by atoms with Crippen LogP contribution < -0.4 is 10.0 Å². The molecule has 3 heterocycles. The molecule has 2 aromatic carbocycles. The van der Waals surface area contributed by atoms with Crippen molar-refractivity contribution < 1.29 is 21.6 Å². The van der Waals surface area contributed by atoms with E-state index in [0.29, 0.717) is 32.0 Å². The van der Waals surface area contributed by atoms with Crippen LogP contribution in [0.3, 0.4) is 0 Å². The van der Waals surface area contributed by atoms with Crippen LogP contribution in [-0.2, 0) is 24.8 Å². The number of primary sulfonamides is 1. The first-order valence-electron chi connectivity index (χ1n) is 12.9. The second kappa shape index (κ2) is 10.9. The number of aliphatic imine (C=N–C) groups is 1. The van der Waals surface area contributed by atoms with Gasteiger partial charge in [-0.25, -0.2) is 22.0 Å². The van der Waals surface area contributed by atoms with Crippen molar-refractivity contribution in [3.63, 3.8) is 0 Å². The number of rotatable bonds is 7. The van der Waals surface area contributed by atoms with Crippen LogP contribution in [0, 0.1) is 13.8 Å². The highest BCUT2D eigenvalue weighted by atomic mass is 32.2. The maximum atomic E-state index is 13.5. The molecule has 0 aliphatic carbocycles. The average Bonchev–Trinajstić information content (AvgIpc) is 3.55. The van der Waals surface area contributed by atoms with Gasteiger partial charge in [0.2, 0.25) is 20.0 Å². The van der Waals surface area contributed by atoms with E-state index < -0.39 is 20.0 Å². The number of sulfonamides is 2. The maximum absolute atomic E-state index is 13.5. The quantitative estimate of drug-likeness (QED) is 0.434. The molecule has 3 aromatic rings. The van der Waals surface area contributed by atoms with Crippen LogP contribution in [0.15, 0.2) is 63.3 Å². The molecule has 2 N–H and O–H groups in total. The summed E-state index contributed by atoms with van der Waals surface area (Å²) in [7, 11) is -7.44. The molecule has 0 spiro atoms. The van der Waals surface area contributed by atoms with Gasteiger partial charge >= 0.3 is 0 Å². The lowest BCUT2D eigenvalue weighted by atomic mass is 10.2. The van der Waals surface area contributed by atoms with Crippen molar-refractivity contribution in [1.29, 1.82) is 0 Å². The number of nitrogens with two attached hydrogens (primary N) is 1. The van der Waals surface area contributed by atoms with Gasteiger partial charge in [-0.1, -0.05) is 0 Å². The molecule has 0 bridgehead atoms. The first-order chi connectivity index (χ1) is 18.6. The molecular weight excluding hydrogens is 538 g/mol. The van der Waals surface area contributed by atoms with Gasteiger partial charge in [0.1, 0.15) is 0 Å². The maximum Gasteiger partial charge on any atom is 0.243 e. The predicted octanol–water partition coefficient (Wildman–Crippen LogP) is 3.11. The van der Waals surface area contributed by atoms with Crippen molar-refractivity contribution in [2.45, 2.75) is 36.5 Å². The van der Waals surface area contributed by atoms with Gasteiger partial charge in [0, 0.05) is 49.3 Å². The summed E-state index contributed by atoms with van der Waals surface area (Å²) in [6, 6.07) is 13.5. The van der Waals surface area contributed by atoms with Crippen molar-refractivity contribution in [1.82, 2.24) is 8.87 Å². The average molecular weight is 572 g/mol. The second-order valence-electron chi connectivity index (χ2n) is 9.82. The Kier molecular flexibility index (Phi) is 7.66. The molecule has 0 atom stereocenters. The zero-order valence-corrected chi connectivity index (χ0v) is 23.7. The minimum absolute atomic E-state index is 0.0287. The van der Waals surface area contributed by atoms with Crippen molar-refractivity contribution in [3.05, 3.63) is 65.5 Å². The highest BCUT2D eigenvalue weighted by Crippen LogP contribution is 2.34. The normalized spacial score (nSPS) is 17.4. The number of hydrogen-bond acceptors (Lipinski definition) is 7. The number of nitrogens with zero attached hydrogens (tertiary/aromatic N) is 4. The molecule has 0 amide bonds. The van der Waals surface area contributed by atoms with Gasteiger partial charge in [-0.05, 0) is 75.2 Å². The Labute approximate surface area is 229 Å². The summed E-state index contributed by atoms with van der Waals surface area (Å²) in [6.07, 6.45) is 3.92. The Hall–Kier alpha value is -3.03. The Morgan fingerprint density at radius 2 is 1.49 bits per heavy atom. The lowest BCUT2D eigenvalue weighted by Gasteiger charge is -2.28. The number of anilines is 1. The first kappa shape index (κ1) is 27.5. The summed E-state index contributed by atoms with van der Waals surface area (Å²) in [5.41, 5.74) is 5.13. The van der Waals surface area contributed by atoms with Gasteiger partial charge in [-0.15, -0.1) is 0 Å². The molecule has 2 fully saturated rings. The van der Waals surface area contributed by atoms with Crippen molar-refractivity contribution in [2.75, 3.05) is 44.3 Å². The van der Waals surface area contributed by atoms with E-state index >= 15 is 0 Å². The van der Waals surface area contributed by atoms with Gasteiger partial charge in [0.05, 0.1) is 40.1 Å². The van der Waals surface area contributed by atoms with E-state index in [1.165, 1.54) is 16.4 Å². The number of benzene rings is 2. The van der Waals surface area contributed by atoms with Crippen LogP contribution >= 0.6 is 0 Å². The van der Waals surface area contributed by atoms with Gasteiger partial charge in [-0.2, -0.15) is 4.31 Å². The van der Waals surface area contributed by atoms with Gasteiger partial charge < -0.3 is 14.2 Å². The molecule has 2 aliphatic heterocycles. The van der Waals surface area contributed by atoms with Crippen molar-refractivity contribution in [2.24, 2.45) is 10.1 Å². The minimum atomic E-state index is -3.77. The van der Waals surface area contributed by atoms with E-state index in [9.17, 15) is 16.8 Å². The highest BCUT2D eigenvalue weighted by molar-refractivity contribution is 7.89. The summed E-state index contributed by atoms with van der Waals surface area (Å²) < 4.78 is 59.0. The third-order valence-electron chi connectivity index (χ3n) is 7.23. The minimum Gasteiger partial charge on any atom is -0.379 e. The van der Waals surface area contributed by atoms with E-state index in [1.54, 1.807) is 30.5 Å². The molecule has 39 heavy (non-hydrogen) atoms. The smallest absolute Gasteiger partial charge is 0.243 e. The molecule has 0 radical (unpaired) electrons. The van der Waals surface area contributed by atoms with E-state index in [1.807, 2.05) is 26.0 Å². The van der Waals surface area contributed by atoms with Gasteiger partial charge in [-0.3, -0.25) is 4.99 Å². The van der Waals surface area contributed by atoms with E-state index in [4.69, 9.17) is 9.88 Å². The lowest BCUT2D eigenvalue weighted by molar-refractivity contribution is 0.0730. The summed E-state index contributed by atoms with van der Waals surface area (Å²) in [4.78, 5) is 7.13. The Morgan fingerprint density at radius 1 is 0.846 bits per heavy atom. The third-order valence-corrected chi connectivity index (χ3v) is 10.1. The third kappa shape index (κ3) is 5.66. The predicted molar refractivity (Wildman–Crippen MR) is 151 cm³/mol. The fourth-order valence-electron chi connectivity index (χ4n) is 5.16. The summed E-state index contributed by atoms with van der Waals surface area (Å²) in [5, 5.41) is 5.19. The Bertz CT molecular complexity index is 1600. The fraction of sp³-hybridized carbons (Fsp3) is 0.370.